The number of H-pyrrole nitrogens is 1. The second kappa shape index (κ2) is 25.7. The van der Waals surface area contributed by atoms with Gasteiger partial charge in [0.2, 0.25) is 5.78 Å². The first-order valence-electron chi connectivity index (χ1n) is 25.1. The van der Waals surface area contributed by atoms with Crippen LogP contribution in [-0.4, -0.2) is 136 Å². The Morgan fingerprint density at radius 2 is 1.65 bits per heavy atom. The number of aliphatic hydroxyl groups excluding tert-OH is 1. The molecule has 3 fully saturated rings. The van der Waals surface area contributed by atoms with E-state index in [9.17, 15) is 34.2 Å². The van der Waals surface area contributed by atoms with Crippen LogP contribution in [0.4, 0.5) is 0 Å². The maximum Gasteiger partial charge on any atom is 0.329 e. The number of ketones is 3. The highest BCUT2D eigenvalue weighted by molar-refractivity contribution is 6.09. The summed E-state index contributed by atoms with van der Waals surface area (Å²) >= 11 is 0. The van der Waals surface area contributed by atoms with Crippen LogP contribution in [0, 0.1) is 35.5 Å². The van der Waals surface area contributed by atoms with Gasteiger partial charge in [0.1, 0.15) is 36.2 Å². The number of aromatic nitrogens is 4. The van der Waals surface area contributed by atoms with Crippen LogP contribution >= 0.6 is 0 Å². The maximum atomic E-state index is 14.7. The van der Waals surface area contributed by atoms with E-state index in [1.807, 2.05) is 58.1 Å². The average molecular weight is 967 g/mol. The van der Waals surface area contributed by atoms with Crippen molar-refractivity contribution in [1.82, 2.24) is 20.3 Å². The van der Waals surface area contributed by atoms with Gasteiger partial charge in [-0.1, -0.05) is 75.9 Å². The first kappa shape index (κ1) is 55.7. The summed E-state index contributed by atoms with van der Waals surface area (Å²) in [6, 6.07) is -1.21. The predicted molar refractivity (Wildman–Crippen MR) is 255 cm³/mol. The molecule has 5 rings (SSSR count). The topological polar surface area (TPSA) is 221 Å². The zero-order valence-corrected chi connectivity index (χ0v) is 42.6. The van der Waals surface area contributed by atoms with E-state index in [1.165, 1.54) is 18.3 Å². The molecule has 2 saturated heterocycles. The third-order valence-electron chi connectivity index (χ3n) is 15.1. The second-order valence-electron chi connectivity index (χ2n) is 20.4. The lowest BCUT2D eigenvalue weighted by molar-refractivity contribution is -0.834. The standard InChI is InChI=1S/C52H79N5O12/c1-31-16-12-11-13-17-32(2)43(65-8)28-39-21-19-33(3)49(61)52(64,69-39)51(63)56-23-15-14-18-41(56)50(62)68-44(35(5)26-38-20-22-40(45(27-38)66-9)57-54-30-53-55-57)29-42(58)34(4)25-37(7)47(60)48(67-10)46(59)36(6)24-31/h11-13,16-17,25,30-31,33-36,38-41,43-45,47-48,60,64H,14-15,18-24,26-29H2,1-10H3/p+1/b13-11+,16-12+,32-17+,37-25+/t31-,33-,34-,35-,36+,38+,39?,40+,41?,43+,44+,45-,47-,48+,52?/m1/s1. The molecule has 1 aromatic rings. The molecule has 0 aromatic carbocycles. The van der Waals surface area contributed by atoms with Gasteiger partial charge in [-0.25, -0.2) is 4.79 Å². The number of amides is 1. The van der Waals surface area contributed by atoms with Crippen LogP contribution in [-0.2, 0) is 47.7 Å². The number of esters is 1. The highest BCUT2D eigenvalue weighted by Gasteiger charge is 2.55. The SMILES string of the molecule is CO[C@H]1CC2CC[C@@H](C)C(=O)C(O)(O2)C(=O)N2CCCCC2C(=O)O[C@H]([C@H](C)C[C@@H]2CC[C@H]([n+]3ncn[nH]3)[C@H](OC)C2)CC(=O)[C@H](C)/C=C(\C)[C@@H](O)[C@@H](OC)C(=O)[C@@H](C)C[C@H](C)/C=C/C=C/C=C/1C. The number of allylic oxidation sites excluding steroid dienone is 6. The molecule has 3 N–H and O–H groups in total. The van der Waals surface area contributed by atoms with Crippen molar-refractivity contribution in [3.05, 3.63) is 53.9 Å². The van der Waals surface area contributed by atoms with Crippen LogP contribution in [0.25, 0.3) is 0 Å². The lowest BCUT2D eigenvalue weighted by Crippen LogP contribution is -2.62. The molecule has 0 spiro atoms. The fourth-order valence-corrected chi connectivity index (χ4v) is 10.7. The number of nitrogens with zero attached hydrogens (tertiary/aromatic N) is 4. The van der Waals surface area contributed by atoms with Gasteiger partial charge in [0.15, 0.2) is 11.8 Å². The fourth-order valence-electron chi connectivity index (χ4n) is 10.7. The molecule has 1 aliphatic carbocycles. The van der Waals surface area contributed by atoms with E-state index in [-0.39, 0.29) is 67.3 Å². The molecule has 1 amide bonds. The van der Waals surface area contributed by atoms with E-state index in [2.05, 4.69) is 15.4 Å². The van der Waals surface area contributed by atoms with Gasteiger partial charge in [-0.3, -0.25) is 19.2 Å². The summed E-state index contributed by atoms with van der Waals surface area (Å²) in [6.45, 7) is 12.8. The van der Waals surface area contributed by atoms with Gasteiger partial charge in [0.25, 0.3) is 12.2 Å². The van der Waals surface area contributed by atoms with E-state index in [0.717, 1.165) is 18.4 Å². The first-order chi connectivity index (χ1) is 32.8. The van der Waals surface area contributed by atoms with Gasteiger partial charge in [-0.15, -0.1) is 0 Å². The van der Waals surface area contributed by atoms with Gasteiger partial charge in [0.05, 0.1) is 17.3 Å². The molecule has 3 unspecified atom stereocenters. The molecule has 4 heterocycles. The number of cyclic esters (lactones) is 1. The lowest BCUT2D eigenvalue weighted by atomic mass is 9.77. The molecule has 2 bridgehead atoms. The number of carbonyl (C=O) groups is 5. The smallest absolute Gasteiger partial charge is 0.329 e. The Morgan fingerprint density at radius 1 is 0.899 bits per heavy atom. The summed E-state index contributed by atoms with van der Waals surface area (Å²) in [5, 5.41) is 34.9. The third-order valence-corrected chi connectivity index (χ3v) is 15.1. The second-order valence-corrected chi connectivity index (χ2v) is 20.4. The number of nitrogens with one attached hydrogen (secondary N) is 1. The number of methoxy groups -OCH3 is 3. The zero-order chi connectivity index (χ0) is 50.6. The molecule has 15 atom stereocenters. The highest BCUT2D eigenvalue weighted by atomic mass is 16.6. The molecule has 1 saturated carbocycles. The van der Waals surface area contributed by atoms with Gasteiger partial charge < -0.3 is 38.8 Å². The quantitative estimate of drug-likeness (QED) is 0.134. The summed E-state index contributed by atoms with van der Waals surface area (Å²) in [4.78, 5) is 74.3. The number of aromatic amines is 1. The van der Waals surface area contributed by atoms with Crippen LogP contribution < -0.4 is 4.80 Å². The van der Waals surface area contributed by atoms with Gasteiger partial charge in [-0.2, -0.15) is 0 Å². The van der Waals surface area contributed by atoms with Crippen LogP contribution in [0.3, 0.4) is 0 Å². The van der Waals surface area contributed by atoms with Crippen molar-refractivity contribution in [3.63, 3.8) is 0 Å². The maximum absolute atomic E-state index is 14.7. The minimum Gasteiger partial charge on any atom is -0.460 e. The minimum absolute atomic E-state index is 0.0134. The molecule has 1 aromatic heterocycles. The fraction of sp³-hybridized carbons (Fsp3) is 0.731. The molecule has 4 aliphatic rings. The number of ether oxygens (including phenoxy) is 5. The Bertz CT molecular complexity index is 2020. The molecule has 17 nitrogen and oxygen atoms in total. The van der Waals surface area contributed by atoms with Crippen molar-refractivity contribution in [2.75, 3.05) is 27.9 Å². The van der Waals surface area contributed by atoms with Crippen molar-refractivity contribution in [1.29, 1.82) is 0 Å². The Kier molecular flexibility index (Phi) is 20.8. The molecule has 69 heavy (non-hydrogen) atoms. The summed E-state index contributed by atoms with van der Waals surface area (Å²) in [7, 11) is 4.62. The number of aliphatic hydroxyl groups is 2. The predicted octanol–water partition coefficient (Wildman–Crippen LogP) is 5.47. The molecule has 17 heteroatoms. The number of carbonyl (C=O) groups excluding carboxylic acids is 5. The van der Waals surface area contributed by atoms with Crippen LogP contribution in [0.15, 0.2) is 53.9 Å². The van der Waals surface area contributed by atoms with Crippen molar-refractivity contribution in [2.24, 2.45) is 35.5 Å². The lowest BCUT2D eigenvalue weighted by Gasteiger charge is -2.40. The minimum atomic E-state index is -2.85. The van der Waals surface area contributed by atoms with Gasteiger partial charge in [-0.05, 0) is 117 Å². The van der Waals surface area contributed by atoms with E-state index in [1.54, 1.807) is 45.9 Å². The summed E-state index contributed by atoms with van der Waals surface area (Å²) in [6.07, 6.45) is 13.3. The van der Waals surface area contributed by atoms with Crippen molar-refractivity contribution >= 4 is 29.2 Å². The highest BCUT2D eigenvalue weighted by Crippen LogP contribution is 2.38. The van der Waals surface area contributed by atoms with Crippen molar-refractivity contribution in [2.45, 2.75) is 180 Å². The number of tetrazole rings is 1. The Morgan fingerprint density at radius 3 is 2.33 bits per heavy atom. The number of Topliss-reactive ketones (excluding diaryl/α,β-unsaturated/α-hetero) is 3. The number of hydrogen-bond donors (Lipinski definition) is 3. The number of hydrogen-bond acceptors (Lipinski definition) is 14. The normalized spacial score (nSPS) is 38.8. The Balaban J connectivity index is 1.49. The van der Waals surface area contributed by atoms with E-state index in [0.29, 0.717) is 50.5 Å². The molecule has 384 valence electrons. The van der Waals surface area contributed by atoms with Gasteiger partial charge >= 0.3 is 11.8 Å². The van der Waals surface area contributed by atoms with Crippen molar-refractivity contribution in [3.8, 4) is 0 Å². The van der Waals surface area contributed by atoms with Crippen LogP contribution in [0.5, 0.6) is 0 Å². The van der Waals surface area contributed by atoms with Gasteiger partial charge in [0, 0.05) is 58.5 Å². The zero-order valence-electron chi connectivity index (χ0n) is 42.6. The van der Waals surface area contributed by atoms with E-state index in [4.69, 9.17) is 23.7 Å². The number of piperidine rings is 1. The van der Waals surface area contributed by atoms with E-state index < -0.39 is 77.8 Å². The van der Waals surface area contributed by atoms with Crippen LogP contribution in [0.2, 0.25) is 0 Å². The molecule has 0 radical (unpaired) electrons. The number of fused-ring (bicyclic) bond motifs is 3. The summed E-state index contributed by atoms with van der Waals surface area (Å²) in [5.74, 6) is -7.95. The molecular formula is C52H80N5O12+. The molecular weight excluding hydrogens is 887 g/mol. The van der Waals surface area contributed by atoms with Crippen molar-refractivity contribution < 1.29 is 62.7 Å². The monoisotopic (exact) mass is 967 g/mol. The average Bonchev–Trinajstić information content (AvgIpc) is 3.85. The largest absolute Gasteiger partial charge is 0.460 e. The first-order valence-corrected chi connectivity index (χ1v) is 25.1. The Labute approximate surface area is 408 Å². The van der Waals surface area contributed by atoms with E-state index >= 15 is 0 Å². The number of rotatable bonds is 7. The Hall–Kier alpha value is -4.26. The third kappa shape index (κ3) is 14.2. The van der Waals surface area contributed by atoms with Crippen LogP contribution in [0.1, 0.15) is 132 Å². The molecule has 3 aliphatic heterocycles. The summed E-state index contributed by atoms with van der Waals surface area (Å²) in [5.41, 5.74) is 1.24. The summed E-state index contributed by atoms with van der Waals surface area (Å²) < 4.78 is 30.0.